The van der Waals surface area contributed by atoms with Gasteiger partial charge in [0.1, 0.15) is 0 Å². The van der Waals surface area contributed by atoms with Crippen LogP contribution in [0.2, 0.25) is 0 Å². The van der Waals surface area contributed by atoms with Crippen molar-refractivity contribution in [3.05, 3.63) is 69.7 Å². The Labute approximate surface area is 110 Å². The molecule has 88 valence electrons. The molecule has 0 amide bonds. The fourth-order valence-electron chi connectivity index (χ4n) is 1.87. The smallest absolute Gasteiger partial charge is 0.0841 e. The lowest BCUT2D eigenvalue weighted by molar-refractivity contribution is 0.177. The molecule has 0 saturated heterocycles. The molecule has 0 aromatic heterocycles. The van der Waals surface area contributed by atoms with Crippen LogP contribution in [-0.4, -0.2) is 5.11 Å². The summed E-state index contributed by atoms with van der Waals surface area (Å²) in [5.41, 5.74) is 3.25. The van der Waals surface area contributed by atoms with Gasteiger partial charge in [-0.25, -0.2) is 0 Å². The minimum atomic E-state index is -0.466. The molecule has 0 heterocycles. The Morgan fingerprint density at radius 1 is 1.06 bits per heavy atom. The fourth-order valence-corrected chi connectivity index (χ4v) is 2.40. The first-order valence-corrected chi connectivity index (χ1v) is 6.45. The van der Waals surface area contributed by atoms with Gasteiger partial charge in [-0.05, 0) is 23.6 Å². The van der Waals surface area contributed by atoms with E-state index in [0.717, 1.165) is 21.2 Å². The van der Waals surface area contributed by atoms with Crippen molar-refractivity contribution < 1.29 is 5.11 Å². The summed E-state index contributed by atoms with van der Waals surface area (Å²) in [5, 5.41) is 10.2. The van der Waals surface area contributed by atoms with Gasteiger partial charge in [-0.1, -0.05) is 64.5 Å². The van der Waals surface area contributed by atoms with E-state index in [4.69, 9.17) is 0 Å². The van der Waals surface area contributed by atoms with Crippen LogP contribution in [0.1, 0.15) is 22.8 Å². The van der Waals surface area contributed by atoms with E-state index in [0.29, 0.717) is 6.42 Å². The van der Waals surface area contributed by atoms with Gasteiger partial charge in [-0.3, -0.25) is 0 Å². The first-order chi connectivity index (χ1) is 8.18. The average molecular weight is 291 g/mol. The van der Waals surface area contributed by atoms with Crippen LogP contribution in [0.15, 0.2) is 53.0 Å². The van der Waals surface area contributed by atoms with E-state index in [1.807, 2.05) is 55.5 Å². The van der Waals surface area contributed by atoms with E-state index in [-0.39, 0.29) is 0 Å². The summed E-state index contributed by atoms with van der Waals surface area (Å²) in [6, 6.07) is 16.0. The highest BCUT2D eigenvalue weighted by atomic mass is 79.9. The van der Waals surface area contributed by atoms with Crippen molar-refractivity contribution >= 4 is 15.9 Å². The molecule has 0 aliphatic carbocycles. The molecule has 0 spiro atoms. The molecule has 1 unspecified atom stereocenters. The molecule has 0 fully saturated rings. The van der Waals surface area contributed by atoms with E-state index >= 15 is 0 Å². The van der Waals surface area contributed by atoms with Gasteiger partial charge in [-0.2, -0.15) is 0 Å². The molecule has 1 N–H and O–H groups in total. The summed E-state index contributed by atoms with van der Waals surface area (Å²) in [6.07, 6.45) is 0.176. The lowest BCUT2D eigenvalue weighted by Crippen LogP contribution is -2.03. The summed E-state index contributed by atoms with van der Waals surface area (Å²) < 4.78 is 1.00. The van der Waals surface area contributed by atoms with Crippen molar-refractivity contribution in [2.75, 3.05) is 0 Å². The van der Waals surface area contributed by atoms with Crippen molar-refractivity contribution in [1.82, 2.24) is 0 Å². The van der Waals surface area contributed by atoms with Gasteiger partial charge in [0.05, 0.1) is 6.10 Å². The summed E-state index contributed by atoms with van der Waals surface area (Å²) in [6.45, 7) is 2.03. The minimum absolute atomic E-state index is 0.466. The van der Waals surface area contributed by atoms with Crippen molar-refractivity contribution in [1.29, 1.82) is 0 Å². The van der Waals surface area contributed by atoms with Gasteiger partial charge in [0.2, 0.25) is 0 Å². The monoisotopic (exact) mass is 290 g/mol. The third-order valence-corrected chi connectivity index (χ3v) is 3.94. The van der Waals surface area contributed by atoms with E-state index in [1.54, 1.807) is 0 Å². The van der Waals surface area contributed by atoms with Crippen LogP contribution in [0.4, 0.5) is 0 Å². The van der Waals surface area contributed by atoms with Crippen LogP contribution in [0.5, 0.6) is 0 Å². The van der Waals surface area contributed by atoms with Crippen LogP contribution >= 0.6 is 15.9 Å². The standard InChI is InChI=1S/C15H15BrO/c1-11-6-5-9-13(15(11)16)14(17)10-12-7-3-2-4-8-12/h2-9,14,17H,10H2,1H3. The zero-order valence-electron chi connectivity index (χ0n) is 9.73. The Bertz CT molecular complexity index is 494. The second-order valence-corrected chi connectivity index (χ2v) is 4.98. The third kappa shape index (κ3) is 2.96. The number of benzene rings is 2. The van der Waals surface area contributed by atoms with Gasteiger partial charge in [0.15, 0.2) is 0 Å². The zero-order valence-corrected chi connectivity index (χ0v) is 11.3. The summed E-state index contributed by atoms with van der Waals surface area (Å²) >= 11 is 3.53. The number of hydrogen-bond donors (Lipinski definition) is 1. The van der Waals surface area contributed by atoms with Gasteiger partial charge < -0.3 is 5.11 Å². The second-order valence-electron chi connectivity index (χ2n) is 4.18. The predicted molar refractivity (Wildman–Crippen MR) is 74.0 cm³/mol. The van der Waals surface area contributed by atoms with Gasteiger partial charge >= 0.3 is 0 Å². The molecule has 1 atom stereocenters. The average Bonchev–Trinajstić information content (AvgIpc) is 2.34. The molecule has 17 heavy (non-hydrogen) atoms. The van der Waals surface area contributed by atoms with Gasteiger partial charge in [0, 0.05) is 10.9 Å². The molecule has 0 bridgehead atoms. The number of aliphatic hydroxyl groups is 1. The second kappa shape index (κ2) is 5.48. The maximum absolute atomic E-state index is 10.2. The van der Waals surface area contributed by atoms with E-state index in [2.05, 4.69) is 15.9 Å². The number of aliphatic hydroxyl groups excluding tert-OH is 1. The third-order valence-electron chi connectivity index (χ3n) is 2.85. The normalized spacial score (nSPS) is 12.4. The van der Waals surface area contributed by atoms with Crippen LogP contribution in [-0.2, 0) is 6.42 Å². The van der Waals surface area contributed by atoms with Crippen LogP contribution in [0.3, 0.4) is 0 Å². The Kier molecular flexibility index (Phi) is 3.97. The number of halogens is 1. The quantitative estimate of drug-likeness (QED) is 0.905. The van der Waals surface area contributed by atoms with Crippen LogP contribution < -0.4 is 0 Å². The highest BCUT2D eigenvalue weighted by Gasteiger charge is 2.12. The molecule has 0 aliphatic heterocycles. The molecule has 0 radical (unpaired) electrons. The Morgan fingerprint density at radius 3 is 2.47 bits per heavy atom. The molecule has 0 saturated carbocycles. The Balaban J connectivity index is 2.20. The summed E-state index contributed by atoms with van der Waals surface area (Å²) in [7, 11) is 0. The molecule has 2 heteroatoms. The van der Waals surface area contributed by atoms with E-state index in [1.165, 1.54) is 0 Å². The van der Waals surface area contributed by atoms with Crippen LogP contribution in [0.25, 0.3) is 0 Å². The number of aryl methyl sites for hydroxylation is 1. The molecule has 2 rings (SSSR count). The van der Waals surface area contributed by atoms with E-state index in [9.17, 15) is 5.11 Å². The first-order valence-electron chi connectivity index (χ1n) is 5.65. The molecule has 0 aliphatic rings. The largest absolute Gasteiger partial charge is 0.388 e. The van der Waals surface area contributed by atoms with E-state index < -0.39 is 6.10 Å². The number of hydrogen-bond acceptors (Lipinski definition) is 1. The van der Waals surface area contributed by atoms with Gasteiger partial charge in [0.25, 0.3) is 0 Å². The molecular formula is C15H15BrO. The molecule has 2 aromatic rings. The highest BCUT2D eigenvalue weighted by molar-refractivity contribution is 9.10. The Morgan fingerprint density at radius 2 is 1.76 bits per heavy atom. The molecular weight excluding hydrogens is 276 g/mol. The lowest BCUT2D eigenvalue weighted by Gasteiger charge is -2.14. The highest BCUT2D eigenvalue weighted by Crippen LogP contribution is 2.28. The maximum atomic E-state index is 10.2. The number of rotatable bonds is 3. The Hall–Kier alpha value is -1.12. The van der Waals surface area contributed by atoms with Crippen molar-refractivity contribution in [3.8, 4) is 0 Å². The van der Waals surface area contributed by atoms with Crippen molar-refractivity contribution in [3.63, 3.8) is 0 Å². The topological polar surface area (TPSA) is 20.2 Å². The fraction of sp³-hybridized carbons (Fsp3) is 0.200. The predicted octanol–water partition coefficient (Wildman–Crippen LogP) is 4.03. The lowest BCUT2D eigenvalue weighted by atomic mass is 10.0. The molecule has 1 nitrogen and oxygen atoms in total. The zero-order chi connectivity index (χ0) is 12.3. The van der Waals surface area contributed by atoms with Crippen molar-refractivity contribution in [2.45, 2.75) is 19.4 Å². The maximum Gasteiger partial charge on any atom is 0.0841 e. The van der Waals surface area contributed by atoms with Crippen molar-refractivity contribution in [2.24, 2.45) is 0 Å². The van der Waals surface area contributed by atoms with Crippen LogP contribution in [0, 0.1) is 6.92 Å². The first kappa shape index (κ1) is 12.3. The van der Waals surface area contributed by atoms with Gasteiger partial charge in [-0.15, -0.1) is 0 Å². The summed E-state index contributed by atoms with van der Waals surface area (Å²) in [4.78, 5) is 0. The SMILES string of the molecule is Cc1cccc(C(O)Cc2ccccc2)c1Br. The molecule has 2 aromatic carbocycles. The summed E-state index contributed by atoms with van der Waals surface area (Å²) in [5.74, 6) is 0. The minimum Gasteiger partial charge on any atom is -0.388 e.